The second-order valence-corrected chi connectivity index (χ2v) is 5.25. The molecule has 0 N–H and O–H groups in total. The van der Waals surface area contributed by atoms with Gasteiger partial charge in [-0.2, -0.15) is 5.10 Å². The summed E-state index contributed by atoms with van der Waals surface area (Å²) in [6, 6.07) is 7.58. The molecule has 0 spiro atoms. The van der Waals surface area contributed by atoms with E-state index in [2.05, 4.69) is 5.10 Å². The highest BCUT2D eigenvalue weighted by atomic mass is 16.7. The molecule has 0 saturated carbocycles. The molecule has 0 saturated heterocycles. The minimum absolute atomic E-state index is 0.00474. The van der Waals surface area contributed by atoms with Crippen molar-refractivity contribution in [3.63, 3.8) is 0 Å². The standard InChI is InChI=1S/C16H15N3O3/c20-16(18-7-8-19-13(10-18)5-6-17-19)4-2-12-1-3-14-15(9-12)22-11-21-14/h1-6,9H,7-8,10-11H2/b4-2+. The van der Waals surface area contributed by atoms with Crippen LogP contribution < -0.4 is 9.47 Å². The molecule has 2 aromatic rings. The highest BCUT2D eigenvalue weighted by Gasteiger charge is 2.19. The Balaban J connectivity index is 1.46. The van der Waals surface area contributed by atoms with E-state index in [1.54, 1.807) is 18.3 Å². The molecular weight excluding hydrogens is 282 g/mol. The largest absolute Gasteiger partial charge is 0.454 e. The summed E-state index contributed by atoms with van der Waals surface area (Å²) in [6.45, 7) is 2.28. The predicted molar refractivity (Wildman–Crippen MR) is 79.2 cm³/mol. The molecule has 0 fully saturated rings. The van der Waals surface area contributed by atoms with Crippen LogP contribution in [0.25, 0.3) is 6.08 Å². The Bertz CT molecular complexity index is 751. The number of carbonyl (C=O) groups is 1. The van der Waals surface area contributed by atoms with Crippen molar-refractivity contribution in [3.8, 4) is 11.5 Å². The van der Waals surface area contributed by atoms with Crippen LogP contribution in [-0.4, -0.2) is 33.9 Å². The molecule has 2 aliphatic rings. The van der Waals surface area contributed by atoms with Crippen LogP contribution in [0.3, 0.4) is 0 Å². The molecule has 2 aliphatic heterocycles. The highest BCUT2D eigenvalue weighted by Crippen LogP contribution is 2.32. The van der Waals surface area contributed by atoms with E-state index in [1.165, 1.54) is 0 Å². The second-order valence-electron chi connectivity index (χ2n) is 5.25. The van der Waals surface area contributed by atoms with E-state index in [4.69, 9.17) is 9.47 Å². The molecule has 3 heterocycles. The number of hydrogen-bond acceptors (Lipinski definition) is 4. The molecule has 1 amide bonds. The van der Waals surface area contributed by atoms with E-state index in [9.17, 15) is 4.79 Å². The van der Waals surface area contributed by atoms with Crippen molar-refractivity contribution in [1.82, 2.24) is 14.7 Å². The van der Waals surface area contributed by atoms with Gasteiger partial charge in [-0.25, -0.2) is 0 Å². The van der Waals surface area contributed by atoms with Gasteiger partial charge in [0.25, 0.3) is 0 Å². The molecule has 0 atom stereocenters. The number of nitrogens with zero attached hydrogens (tertiary/aromatic N) is 3. The van der Waals surface area contributed by atoms with Crippen molar-refractivity contribution in [2.45, 2.75) is 13.1 Å². The Morgan fingerprint density at radius 2 is 2.09 bits per heavy atom. The average Bonchev–Trinajstić information content (AvgIpc) is 3.19. The Hall–Kier alpha value is -2.76. The van der Waals surface area contributed by atoms with Crippen molar-refractivity contribution < 1.29 is 14.3 Å². The van der Waals surface area contributed by atoms with Gasteiger partial charge in [0, 0.05) is 18.8 Å². The summed E-state index contributed by atoms with van der Waals surface area (Å²) in [5.41, 5.74) is 1.98. The lowest BCUT2D eigenvalue weighted by molar-refractivity contribution is -0.127. The van der Waals surface area contributed by atoms with Crippen LogP contribution in [0, 0.1) is 0 Å². The van der Waals surface area contributed by atoms with Crippen molar-refractivity contribution in [2.75, 3.05) is 13.3 Å². The molecule has 0 bridgehead atoms. The fraction of sp³-hybridized carbons (Fsp3) is 0.250. The van der Waals surface area contributed by atoms with Crippen molar-refractivity contribution in [2.24, 2.45) is 0 Å². The molecule has 0 aliphatic carbocycles. The summed E-state index contributed by atoms with van der Waals surface area (Å²) < 4.78 is 12.5. The van der Waals surface area contributed by atoms with E-state index in [-0.39, 0.29) is 12.7 Å². The lowest BCUT2D eigenvalue weighted by atomic mass is 10.2. The molecular formula is C16H15N3O3. The SMILES string of the molecule is O=C(/C=C/c1ccc2c(c1)OCO2)N1CCn2nccc2C1. The fourth-order valence-corrected chi connectivity index (χ4v) is 2.66. The summed E-state index contributed by atoms with van der Waals surface area (Å²) in [7, 11) is 0. The number of carbonyl (C=O) groups excluding carboxylic acids is 1. The number of amides is 1. The maximum atomic E-state index is 12.3. The zero-order valence-electron chi connectivity index (χ0n) is 11.9. The van der Waals surface area contributed by atoms with Gasteiger partial charge in [-0.3, -0.25) is 9.48 Å². The lowest BCUT2D eigenvalue weighted by Gasteiger charge is -2.26. The number of ether oxygens (including phenoxy) is 2. The number of aromatic nitrogens is 2. The summed E-state index contributed by atoms with van der Waals surface area (Å²) in [4.78, 5) is 14.1. The van der Waals surface area contributed by atoms with Crippen molar-refractivity contribution in [1.29, 1.82) is 0 Å². The number of benzene rings is 1. The Morgan fingerprint density at radius 3 is 3.05 bits per heavy atom. The summed E-state index contributed by atoms with van der Waals surface area (Å²) >= 11 is 0. The first kappa shape index (κ1) is 12.9. The molecule has 6 heteroatoms. The number of fused-ring (bicyclic) bond motifs is 2. The summed E-state index contributed by atoms with van der Waals surface area (Å²) in [6.07, 6.45) is 5.17. The van der Waals surface area contributed by atoms with Gasteiger partial charge in [0.15, 0.2) is 11.5 Å². The van der Waals surface area contributed by atoms with Gasteiger partial charge in [0.1, 0.15) is 0 Å². The maximum absolute atomic E-state index is 12.3. The van der Waals surface area contributed by atoms with Crippen LogP contribution in [0.1, 0.15) is 11.3 Å². The first-order chi connectivity index (χ1) is 10.8. The quantitative estimate of drug-likeness (QED) is 0.791. The van der Waals surface area contributed by atoms with Gasteiger partial charge < -0.3 is 14.4 Å². The summed E-state index contributed by atoms with van der Waals surface area (Å²) in [5, 5.41) is 4.21. The Labute approximate surface area is 127 Å². The van der Waals surface area contributed by atoms with E-state index in [1.807, 2.05) is 33.8 Å². The number of rotatable bonds is 2. The van der Waals surface area contributed by atoms with E-state index < -0.39 is 0 Å². The maximum Gasteiger partial charge on any atom is 0.246 e. The summed E-state index contributed by atoms with van der Waals surface area (Å²) in [5.74, 6) is 1.47. The monoisotopic (exact) mass is 297 g/mol. The topological polar surface area (TPSA) is 56.6 Å². The number of hydrogen-bond donors (Lipinski definition) is 0. The lowest BCUT2D eigenvalue weighted by Crippen LogP contribution is -2.37. The first-order valence-corrected chi connectivity index (χ1v) is 7.17. The van der Waals surface area contributed by atoms with Crippen molar-refractivity contribution >= 4 is 12.0 Å². The van der Waals surface area contributed by atoms with Crippen LogP contribution in [0.2, 0.25) is 0 Å². The molecule has 1 aromatic heterocycles. The van der Waals surface area contributed by atoms with E-state index in [0.717, 1.165) is 29.3 Å². The van der Waals surface area contributed by atoms with Gasteiger partial charge in [0.05, 0.1) is 18.8 Å². The fourth-order valence-electron chi connectivity index (χ4n) is 2.66. The predicted octanol–water partition coefficient (Wildman–Crippen LogP) is 1.67. The third-order valence-electron chi connectivity index (χ3n) is 3.87. The molecule has 22 heavy (non-hydrogen) atoms. The zero-order chi connectivity index (χ0) is 14.9. The van der Waals surface area contributed by atoms with Crippen LogP contribution in [0.15, 0.2) is 36.5 Å². The Kier molecular flexibility index (Phi) is 3.07. The van der Waals surface area contributed by atoms with Crippen LogP contribution >= 0.6 is 0 Å². The minimum Gasteiger partial charge on any atom is -0.454 e. The third kappa shape index (κ3) is 2.32. The molecule has 0 radical (unpaired) electrons. The van der Waals surface area contributed by atoms with Gasteiger partial charge in [-0.05, 0) is 29.8 Å². The zero-order valence-corrected chi connectivity index (χ0v) is 11.9. The normalized spacial score (nSPS) is 16.1. The molecule has 4 rings (SSSR count). The van der Waals surface area contributed by atoms with Crippen LogP contribution in [-0.2, 0) is 17.9 Å². The van der Waals surface area contributed by atoms with E-state index in [0.29, 0.717) is 13.1 Å². The highest BCUT2D eigenvalue weighted by molar-refractivity contribution is 5.91. The minimum atomic E-state index is 0.00474. The van der Waals surface area contributed by atoms with Gasteiger partial charge in [0.2, 0.25) is 12.7 Å². The smallest absolute Gasteiger partial charge is 0.246 e. The van der Waals surface area contributed by atoms with Gasteiger partial charge in [-0.1, -0.05) is 6.07 Å². The average molecular weight is 297 g/mol. The van der Waals surface area contributed by atoms with E-state index >= 15 is 0 Å². The van der Waals surface area contributed by atoms with Crippen molar-refractivity contribution in [3.05, 3.63) is 47.8 Å². The van der Waals surface area contributed by atoms with Gasteiger partial charge >= 0.3 is 0 Å². The third-order valence-corrected chi connectivity index (χ3v) is 3.87. The Morgan fingerprint density at radius 1 is 1.18 bits per heavy atom. The molecule has 1 aromatic carbocycles. The van der Waals surface area contributed by atoms with Gasteiger partial charge in [-0.15, -0.1) is 0 Å². The van der Waals surface area contributed by atoms with Crippen LogP contribution in [0.4, 0.5) is 0 Å². The van der Waals surface area contributed by atoms with Crippen LogP contribution in [0.5, 0.6) is 11.5 Å². The first-order valence-electron chi connectivity index (χ1n) is 7.17. The molecule has 0 unspecified atom stereocenters. The molecule has 6 nitrogen and oxygen atoms in total. The molecule has 112 valence electrons. The second kappa shape index (κ2) is 5.22.